The second-order valence-corrected chi connectivity index (χ2v) is 9.24. The van der Waals surface area contributed by atoms with Gasteiger partial charge in [0.05, 0.1) is 44.5 Å². The molecule has 9 nitrogen and oxygen atoms in total. The maximum atomic E-state index is 13.5. The van der Waals surface area contributed by atoms with E-state index in [0.29, 0.717) is 58.2 Å². The van der Waals surface area contributed by atoms with Gasteiger partial charge in [0.2, 0.25) is 5.75 Å². The molecule has 0 saturated heterocycles. The molecule has 4 rings (SSSR count). The Bertz CT molecular complexity index is 1380. The standard InChI is InChI=1S/C26H27ClN4O5S/c1-33-19-8-7-18(27)25-23(19)29-26(37-25)31(12-5-11-30-13-10-28-16-30)22(32)9-6-17-14-20(34-2)24(36-4)21(15-17)35-3/h6-10,13-16H,5,11-12H2,1-4H3/b9-6+. The van der Waals surface area contributed by atoms with Gasteiger partial charge in [0.15, 0.2) is 16.6 Å². The molecular formula is C26H27ClN4O5S. The predicted molar refractivity (Wildman–Crippen MR) is 146 cm³/mol. The smallest absolute Gasteiger partial charge is 0.252 e. The van der Waals surface area contributed by atoms with Crippen molar-refractivity contribution < 1.29 is 23.7 Å². The minimum absolute atomic E-state index is 0.228. The molecule has 0 unspecified atom stereocenters. The number of aryl methyl sites for hydroxylation is 1. The van der Waals surface area contributed by atoms with Crippen LogP contribution in [0.1, 0.15) is 12.0 Å². The quantitative estimate of drug-likeness (QED) is 0.237. The Balaban J connectivity index is 1.65. The van der Waals surface area contributed by atoms with E-state index in [4.69, 9.17) is 35.5 Å². The molecule has 0 aliphatic carbocycles. The first-order chi connectivity index (χ1) is 18.0. The summed E-state index contributed by atoms with van der Waals surface area (Å²) in [6.07, 6.45) is 9.27. The molecule has 2 aromatic carbocycles. The predicted octanol–water partition coefficient (Wildman–Crippen LogP) is 5.32. The van der Waals surface area contributed by atoms with Crippen LogP contribution in [0, 0.1) is 0 Å². The summed E-state index contributed by atoms with van der Waals surface area (Å²) in [5, 5.41) is 1.09. The van der Waals surface area contributed by atoms with E-state index >= 15 is 0 Å². The van der Waals surface area contributed by atoms with Crippen molar-refractivity contribution in [3.8, 4) is 23.0 Å². The Hall–Kier alpha value is -3.76. The Morgan fingerprint density at radius 1 is 1.08 bits per heavy atom. The molecule has 0 aliphatic heterocycles. The zero-order valence-electron chi connectivity index (χ0n) is 20.9. The molecule has 1 amide bonds. The number of fused-ring (bicyclic) bond motifs is 1. The molecular weight excluding hydrogens is 516 g/mol. The number of hydrogen-bond acceptors (Lipinski definition) is 8. The van der Waals surface area contributed by atoms with E-state index in [1.165, 1.54) is 17.4 Å². The molecule has 0 saturated carbocycles. The number of thiazole rings is 1. The molecule has 0 fully saturated rings. The summed E-state index contributed by atoms with van der Waals surface area (Å²) in [6.45, 7) is 1.14. The number of rotatable bonds is 11. The lowest BCUT2D eigenvalue weighted by Crippen LogP contribution is -2.30. The molecule has 4 aromatic rings. The van der Waals surface area contributed by atoms with Gasteiger partial charge in [-0.25, -0.2) is 9.97 Å². The van der Waals surface area contributed by atoms with Crippen LogP contribution in [0.3, 0.4) is 0 Å². The van der Waals surface area contributed by atoms with Crippen molar-refractivity contribution in [3.63, 3.8) is 0 Å². The minimum atomic E-state index is -0.228. The molecule has 11 heteroatoms. The van der Waals surface area contributed by atoms with Crippen molar-refractivity contribution in [2.24, 2.45) is 0 Å². The summed E-state index contributed by atoms with van der Waals surface area (Å²) >= 11 is 7.78. The van der Waals surface area contributed by atoms with E-state index in [1.54, 1.807) is 76.2 Å². The van der Waals surface area contributed by atoms with Crippen LogP contribution in [0.2, 0.25) is 5.02 Å². The summed E-state index contributed by atoms with van der Waals surface area (Å²) in [5.41, 5.74) is 1.34. The van der Waals surface area contributed by atoms with E-state index in [9.17, 15) is 4.79 Å². The van der Waals surface area contributed by atoms with E-state index in [-0.39, 0.29) is 5.91 Å². The second-order valence-electron chi connectivity index (χ2n) is 7.86. The number of carbonyl (C=O) groups excluding carboxylic acids is 1. The fourth-order valence-electron chi connectivity index (χ4n) is 3.81. The van der Waals surface area contributed by atoms with Crippen LogP contribution in [-0.2, 0) is 11.3 Å². The summed E-state index contributed by atoms with van der Waals surface area (Å²) in [4.78, 5) is 23.9. The highest BCUT2D eigenvalue weighted by Crippen LogP contribution is 2.40. The zero-order chi connectivity index (χ0) is 26.4. The van der Waals surface area contributed by atoms with Gasteiger partial charge in [-0.15, -0.1) is 0 Å². The number of ether oxygens (including phenoxy) is 4. The lowest BCUT2D eigenvalue weighted by atomic mass is 10.1. The molecule has 194 valence electrons. The lowest BCUT2D eigenvalue weighted by molar-refractivity contribution is -0.114. The van der Waals surface area contributed by atoms with Gasteiger partial charge in [0, 0.05) is 31.6 Å². The van der Waals surface area contributed by atoms with Gasteiger partial charge in [-0.1, -0.05) is 22.9 Å². The molecule has 2 aromatic heterocycles. The van der Waals surface area contributed by atoms with Crippen molar-refractivity contribution >= 4 is 50.3 Å². The van der Waals surface area contributed by atoms with E-state index in [1.807, 2.05) is 10.8 Å². The maximum absolute atomic E-state index is 13.5. The van der Waals surface area contributed by atoms with Crippen LogP contribution < -0.4 is 23.8 Å². The fraction of sp³-hybridized carbons (Fsp3) is 0.269. The van der Waals surface area contributed by atoms with E-state index in [0.717, 1.165) is 10.3 Å². The molecule has 0 bridgehead atoms. The number of halogens is 1. The normalized spacial score (nSPS) is 11.2. The SMILES string of the molecule is COc1cc(/C=C/C(=O)N(CCCn2ccnc2)c2nc3c(OC)ccc(Cl)c3s2)cc(OC)c1OC. The van der Waals surface area contributed by atoms with Crippen molar-refractivity contribution in [1.29, 1.82) is 0 Å². The molecule has 0 atom stereocenters. The number of aromatic nitrogens is 3. The van der Waals surface area contributed by atoms with Gasteiger partial charge < -0.3 is 23.5 Å². The van der Waals surface area contributed by atoms with Crippen LogP contribution in [0.15, 0.2) is 49.1 Å². The Morgan fingerprint density at radius 2 is 1.81 bits per heavy atom. The number of anilines is 1. The van der Waals surface area contributed by atoms with Crippen LogP contribution in [0.25, 0.3) is 16.3 Å². The average Bonchev–Trinajstić information content (AvgIpc) is 3.60. The molecule has 0 spiro atoms. The molecule has 0 aliphatic rings. The molecule has 0 radical (unpaired) electrons. The number of imidazole rings is 1. The van der Waals surface area contributed by atoms with Crippen LogP contribution in [-0.4, -0.2) is 55.4 Å². The third-order valence-corrected chi connectivity index (χ3v) is 7.17. The van der Waals surface area contributed by atoms with Crippen molar-refractivity contribution in [3.05, 3.63) is 59.6 Å². The van der Waals surface area contributed by atoms with Crippen molar-refractivity contribution in [2.75, 3.05) is 39.9 Å². The second kappa shape index (κ2) is 12.0. The van der Waals surface area contributed by atoms with Crippen molar-refractivity contribution in [2.45, 2.75) is 13.0 Å². The van der Waals surface area contributed by atoms with Crippen LogP contribution in [0.5, 0.6) is 23.0 Å². The number of carbonyl (C=O) groups is 1. The van der Waals surface area contributed by atoms with E-state index in [2.05, 4.69) is 4.98 Å². The third kappa shape index (κ3) is 5.81. The minimum Gasteiger partial charge on any atom is -0.494 e. The summed E-state index contributed by atoms with van der Waals surface area (Å²) in [7, 11) is 6.21. The van der Waals surface area contributed by atoms with Gasteiger partial charge >= 0.3 is 0 Å². The van der Waals surface area contributed by atoms with Crippen LogP contribution >= 0.6 is 22.9 Å². The van der Waals surface area contributed by atoms with Crippen LogP contribution in [0.4, 0.5) is 5.13 Å². The first-order valence-electron chi connectivity index (χ1n) is 11.4. The highest BCUT2D eigenvalue weighted by atomic mass is 35.5. The summed E-state index contributed by atoms with van der Waals surface area (Å²) < 4.78 is 24.4. The maximum Gasteiger partial charge on any atom is 0.252 e. The molecule has 0 N–H and O–H groups in total. The monoisotopic (exact) mass is 542 g/mol. The first kappa shape index (κ1) is 26.3. The molecule has 2 heterocycles. The number of benzene rings is 2. The number of hydrogen-bond donors (Lipinski definition) is 0. The third-order valence-electron chi connectivity index (χ3n) is 5.63. The Labute approximate surface area is 223 Å². The highest BCUT2D eigenvalue weighted by molar-refractivity contribution is 7.23. The zero-order valence-corrected chi connectivity index (χ0v) is 22.5. The number of nitrogens with zero attached hydrogens (tertiary/aromatic N) is 4. The Morgan fingerprint density at radius 3 is 2.43 bits per heavy atom. The van der Waals surface area contributed by atoms with Gasteiger partial charge in [0.1, 0.15) is 11.3 Å². The fourth-order valence-corrected chi connectivity index (χ4v) is 5.09. The van der Waals surface area contributed by atoms with E-state index < -0.39 is 0 Å². The van der Waals surface area contributed by atoms with Crippen molar-refractivity contribution in [1.82, 2.24) is 14.5 Å². The lowest BCUT2D eigenvalue weighted by Gasteiger charge is -2.18. The van der Waals surface area contributed by atoms with Gasteiger partial charge in [-0.05, 0) is 42.3 Å². The topological polar surface area (TPSA) is 87.9 Å². The summed E-state index contributed by atoms with van der Waals surface area (Å²) in [5.74, 6) is 1.85. The largest absolute Gasteiger partial charge is 0.494 e. The number of amides is 1. The number of methoxy groups -OCH3 is 4. The summed E-state index contributed by atoms with van der Waals surface area (Å²) in [6, 6.07) is 7.08. The Kier molecular flexibility index (Phi) is 8.52. The van der Waals surface area contributed by atoms with Gasteiger partial charge in [-0.2, -0.15) is 0 Å². The first-order valence-corrected chi connectivity index (χ1v) is 12.6. The van der Waals surface area contributed by atoms with Gasteiger partial charge in [-0.3, -0.25) is 9.69 Å². The average molecular weight is 543 g/mol. The molecule has 37 heavy (non-hydrogen) atoms. The van der Waals surface area contributed by atoms with Gasteiger partial charge in [0.25, 0.3) is 5.91 Å². The highest BCUT2D eigenvalue weighted by Gasteiger charge is 2.21.